The van der Waals surface area contributed by atoms with Gasteiger partial charge in [-0.25, -0.2) is 0 Å². The lowest BCUT2D eigenvalue weighted by Gasteiger charge is -2.32. The second-order valence-corrected chi connectivity index (χ2v) is 7.98. The summed E-state index contributed by atoms with van der Waals surface area (Å²) in [7, 11) is 2.10. The molecular weight excluding hydrogens is 340 g/mol. The average Bonchev–Trinajstić information content (AvgIpc) is 3.05. The van der Waals surface area contributed by atoms with Gasteiger partial charge in [-0.2, -0.15) is 0 Å². The van der Waals surface area contributed by atoms with Crippen LogP contribution in [0.3, 0.4) is 0 Å². The highest BCUT2D eigenvalue weighted by Crippen LogP contribution is 2.27. The van der Waals surface area contributed by atoms with Crippen molar-refractivity contribution >= 4 is 0 Å². The van der Waals surface area contributed by atoms with Crippen LogP contribution in [-0.2, 0) is 20.1 Å². The molecule has 0 spiro atoms. The van der Waals surface area contributed by atoms with Crippen molar-refractivity contribution < 1.29 is 5.11 Å². The van der Waals surface area contributed by atoms with Crippen molar-refractivity contribution in [1.29, 1.82) is 0 Å². The molecule has 0 aromatic carbocycles. The number of aromatic nitrogens is 4. The normalized spacial score (nSPS) is 23.0. The second kappa shape index (κ2) is 8.46. The molecule has 27 heavy (non-hydrogen) atoms. The predicted molar refractivity (Wildman–Crippen MR) is 103 cm³/mol. The van der Waals surface area contributed by atoms with Gasteiger partial charge in [0.25, 0.3) is 0 Å². The fraction of sp³-hybridized carbons (Fsp3) is 0.650. The summed E-state index contributed by atoms with van der Waals surface area (Å²) in [6.45, 7) is 5.80. The lowest BCUT2D eigenvalue weighted by atomic mass is 9.97. The first-order valence-electron chi connectivity index (χ1n) is 10.1. The third kappa shape index (κ3) is 4.54. The SMILES string of the molecule is Cn1c(CN2CCC(O)CC2)nnc1[C@H]1CCCN(Cc2cccnc2)C1. The minimum atomic E-state index is -0.135. The van der Waals surface area contributed by atoms with Crippen molar-refractivity contribution in [3.63, 3.8) is 0 Å². The molecule has 1 atom stereocenters. The van der Waals surface area contributed by atoms with E-state index in [0.29, 0.717) is 5.92 Å². The van der Waals surface area contributed by atoms with Crippen LogP contribution in [0.25, 0.3) is 0 Å². The molecule has 0 radical (unpaired) electrons. The molecular formula is C20H30N6O. The molecule has 2 fully saturated rings. The van der Waals surface area contributed by atoms with Crippen LogP contribution in [0.5, 0.6) is 0 Å². The van der Waals surface area contributed by atoms with Crippen molar-refractivity contribution in [2.45, 2.75) is 50.8 Å². The maximum Gasteiger partial charge on any atom is 0.146 e. The Hall–Kier alpha value is -1.83. The van der Waals surface area contributed by atoms with E-state index in [1.807, 2.05) is 18.5 Å². The second-order valence-electron chi connectivity index (χ2n) is 7.98. The van der Waals surface area contributed by atoms with Gasteiger partial charge in [-0.05, 0) is 43.9 Å². The zero-order chi connectivity index (χ0) is 18.6. The summed E-state index contributed by atoms with van der Waals surface area (Å²) in [5, 5.41) is 18.7. The van der Waals surface area contributed by atoms with Crippen LogP contribution in [0.4, 0.5) is 0 Å². The molecule has 2 aliphatic rings. The van der Waals surface area contributed by atoms with Gasteiger partial charge in [-0.1, -0.05) is 6.07 Å². The van der Waals surface area contributed by atoms with Crippen LogP contribution < -0.4 is 0 Å². The number of piperidine rings is 2. The number of hydrogen-bond donors (Lipinski definition) is 1. The third-order valence-electron chi connectivity index (χ3n) is 5.92. The molecule has 4 heterocycles. The molecule has 7 nitrogen and oxygen atoms in total. The van der Waals surface area contributed by atoms with E-state index in [1.165, 1.54) is 18.4 Å². The van der Waals surface area contributed by atoms with E-state index in [0.717, 1.165) is 63.8 Å². The van der Waals surface area contributed by atoms with Crippen molar-refractivity contribution in [1.82, 2.24) is 29.5 Å². The summed E-state index contributed by atoms with van der Waals surface area (Å²) in [4.78, 5) is 9.11. The van der Waals surface area contributed by atoms with E-state index in [9.17, 15) is 5.11 Å². The molecule has 0 amide bonds. The molecule has 0 unspecified atom stereocenters. The summed E-state index contributed by atoms with van der Waals surface area (Å²) in [6.07, 6.45) is 7.73. The first kappa shape index (κ1) is 18.5. The van der Waals surface area contributed by atoms with Crippen molar-refractivity contribution in [3.05, 3.63) is 41.7 Å². The van der Waals surface area contributed by atoms with E-state index >= 15 is 0 Å². The highest BCUT2D eigenvalue weighted by Gasteiger charge is 2.27. The summed E-state index contributed by atoms with van der Waals surface area (Å²) >= 11 is 0. The fourth-order valence-electron chi connectivity index (χ4n) is 4.31. The maximum absolute atomic E-state index is 9.68. The molecule has 0 bridgehead atoms. The minimum absolute atomic E-state index is 0.135. The summed E-state index contributed by atoms with van der Waals surface area (Å²) in [6, 6.07) is 4.15. The maximum atomic E-state index is 9.68. The molecule has 0 aliphatic carbocycles. The van der Waals surface area contributed by atoms with Gasteiger partial charge in [0.05, 0.1) is 12.6 Å². The molecule has 1 N–H and O–H groups in total. The van der Waals surface area contributed by atoms with Crippen molar-refractivity contribution in [3.8, 4) is 0 Å². The first-order valence-corrected chi connectivity index (χ1v) is 10.1. The number of rotatable bonds is 5. The first-order chi connectivity index (χ1) is 13.2. The largest absolute Gasteiger partial charge is 0.393 e. The number of pyridine rings is 1. The van der Waals surface area contributed by atoms with Gasteiger partial charge in [0.15, 0.2) is 0 Å². The van der Waals surface area contributed by atoms with E-state index < -0.39 is 0 Å². The van der Waals surface area contributed by atoms with E-state index in [-0.39, 0.29) is 6.10 Å². The number of aliphatic hydroxyl groups excluding tert-OH is 1. The van der Waals surface area contributed by atoms with Crippen LogP contribution in [0.15, 0.2) is 24.5 Å². The van der Waals surface area contributed by atoms with Crippen molar-refractivity contribution in [2.24, 2.45) is 7.05 Å². The number of nitrogens with zero attached hydrogens (tertiary/aromatic N) is 6. The Labute approximate surface area is 161 Å². The van der Waals surface area contributed by atoms with Crippen LogP contribution in [-0.4, -0.2) is 66.9 Å². The lowest BCUT2D eigenvalue weighted by Crippen LogP contribution is -2.36. The van der Waals surface area contributed by atoms with Gasteiger partial charge in [-0.3, -0.25) is 14.8 Å². The Balaban J connectivity index is 1.38. The Morgan fingerprint density at radius 1 is 1.07 bits per heavy atom. The highest BCUT2D eigenvalue weighted by atomic mass is 16.3. The Kier molecular flexibility index (Phi) is 5.80. The fourth-order valence-corrected chi connectivity index (χ4v) is 4.31. The summed E-state index contributed by atoms with van der Waals surface area (Å²) in [5.41, 5.74) is 1.27. The smallest absolute Gasteiger partial charge is 0.146 e. The van der Waals surface area contributed by atoms with Gasteiger partial charge in [0.1, 0.15) is 11.6 Å². The Bertz CT molecular complexity index is 725. The topological polar surface area (TPSA) is 70.3 Å². The van der Waals surface area contributed by atoms with Gasteiger partial charge in [0, 0.05) is 51.5 Å². The average molecular weight is 371 g/mol. The van der Waals surface area contributed by atoms with Gasteiger partial charge >= 0.3 is 0 Å². The molecule has 2 aromatic rings. The third-order valence-corrected chi connectivity index (χ3v) is 5.92. The molecule has 7 heteroatoms. The summed E-state index contributed by atoms with van der Waals surface area (Å²) < 4.78 is 2.20. The van der Waals surface area contributed by atoms with Crippen LogP contribution in [0.1, 0.15) is 48.8 Å². The molecule has 2 saturated heterocycles. The van der Waals surface area contributed by atoms with Crippen LogP contribution in [0.2, 0.25) is 0 Å². The Morgan fingerprint density at radius 3 is 2.70 bits per heavy atom. The molecule has 2 aromatic heterocycles. The van der Waals surface area contributed by atoms with Crippen LogP contribution >= 0.6 is 0 Å². The van der Waals surface area contributed by atoms with Crippen molar-refractivity contribution in [2.75, 3.05) is 26.2 Å². The highest BCUT2D eigenvalue weighted by molar-refractivity contribution is 5.10. The monoisotopic (exact) mass is 370 g/mol. The number of aliphatic hydroxyl groups is 1. The van der Waals surface area contributed by atoms with Crippen LogP contribution in [0, 0.1) is 0 Å². The predicted octanol–water partition coefficient (Wildman–Crippen LogP) is 1.55. The number of hydrogen-bond acceptors (Lipinski definition) is 6. The standard InChI is InChI=1S/C20H30N6O/c1-24-19(15-25-10-6-18(27)7-11-25)22-23-20(24)17-5-3-9-26(14-17)13-16-4-2-8-21-12-16/h2,4,8,12,17-18,27H,3,5-7,9-11,13-15H2,1H3/t17-/m0/s1. The molecule has 4 rings (SSSR count). The van der Waals surface area contributed by atoms with Gasteiger partial charge in [-0.15, -0.1) is 10.2 Å². The Morgan fingerprint density at radius 2 is 1.93 bits per heavy atom. The van der Waals surface area contributed by atoms with E-state index in [2.05, 4.69) is 42.7 Å². The van der Waals surface area contributed by atoms with E-state index in [4.69, 9.17) is 0 Å². The van der Waals surface area contributed by atoms with E-state index in [1.54, 1.807) is 0 Å². The minimum Gasteiger partial charge on any atom is -0.393 e. The molecule has 146 valence electrons. The quantitative estimate of drug-likeness (QED) is 0.861. The zero-order valence-electron chi connectivity index (χ0n) is 16.2. The molecule has 2 aliphatic heterocycles. The van der Waals surface area contributed by atoms with Gasteiger partial charge in [0.2, 0.25) is 0 Å². The zero-order valence-corrected chi connectivity index (χ0v) is 16.2. The van der Waals surface area contributed by atoms with Gasteiger partial charge < -0.3 is 9.67 Å². The lowest BCUT2D eigenvalue weighted by molar-refractivity contribution is 0.0775. The molecule has 0 saturated carbocycles. The summed E-state index contributed by atoms with van der Waals surface area (Å²) in [5.74, 6) is 2.58. The number of likely N-dealkylation sites (tertiary alicyclic amines) is 2.